The van der Waals surface area contributed by atoms with E-state index in [1.54, 1.807) is 0 Å². The van der Waals surface area contributed by atoms with Crippen molar-refractivity contribution in [1.29, 1.82) is 0 Å². The van der Waals surface area contributed by atoms with Gasteiger partial charge in [-0.3, -0.25) is 4.79 Å². The molecule has 1 aromatic carbocycles. The van der Waals surface area contributed by atoms with Crippen LogP contribution in [-0.4, -0.2) is 11.8 Å². The number of Topliss-reactive ketones (excluding diaryl/α,β-unsaturated/α-hetero) is 1. The van der Waals surface area contributed by atoms with Gasteiger partial charge in [-0.05, 0) is 36.0 Å². The van der Waals surface area contributed by atoms with Gasteiger partial charge in [-0.1, -0.05) is 92.7 Å². The van der Waals surface area contributed by atoms with Gasteiger partial charge < -0.3 is 5.73 Å². The minimum Gasteiger partial charge on any atom is -0.321 e. The van der Waals surface area contributed by atoms with E-state index in [4.69, 9.17) is 5.73 Å². The van der Waals surface area contributed by atoms with Crippen LogP contribution in [0.1, 0.15) is 86.9 Å². The Labute approximate surface area is 158 Å². The lowest BCUT2D eigenvalue weighted by atomic mass is 9.84. The van der Waals surface area contributed by atoms with Crippen molar-refractivity contribution >= 4 is 11.9 Å². The van der Waals surface area contributed by atoms with Gasteiger partial charge in [0.05, 0.1) is 6.04 Å². The van der Waals surface area contributed by atoms with E-state index >= 15 is 0 Å². The average Bonchev–Trinajstić information content (AvgIpc) is 2.65. The molecule has 1 atom stereocenters. The second-order valence-corrected chi connectivity index (χ2v) is 6.40. The number of benzene rings is 1. The molecule has 146 valence electrons. The third kappa shape index (κ3) is 9.02. The van der Waals surface area contributed by atoms with Crippen LogP contribution in [0.25, 0.3) is 6.08 Å². The monoisotopic (exact) mass is 349 g/mol. The van der Waals surface area contributed by atoms with Crippen molar-refractivity contribution in [2.75, 3.05) is 0 Å². The lowest BCUT2D eigenvalue weighted by molar-refractivity contribution is -0.127. The van der Waals surface area contributed by atoms with Crippen LogP contribution >= 0.6 is 0 Å². The first-order valence-corrected chi connectivity index (χ1v) is 9.96. The zero-order valence-corrected chi connectivity index (χ0v) is 18.1. The van der Waals surface area contributed by atoms with E-state index in [2.05, 4.69) is 30.4 Å². The largest absolute Gasteiger partial charge is 0.321 e. The molecule has 0 fully saturated rings. The molecule has 0 radical (unpaired) electrons. The maximum absolute atomic E-state index is 12.1. The summed E-state index contributed by atoms with van der Waals surface area (Å²) in [7, 11) is 0. The lowest BCUT2D eigenvalue weighted by Crippen LogP contribution is -2.40. The molecule has 0 amide bonds. The molecule has 0 aromatic heterocycles. The zero-order chi connectivity index (χ0) is 20.0. The summed E-state index contributed by atoms with van der Waals surface area (Å²) >= 11 is 0. The van der Waals surface area contributed by atoms with Crippen LogP contribution in [0.3, 0.4) is 0 Å². The minimum atomic E-state index is -0.411. The molecular weight excluding hydrogens is 306 g/mol. The summed E-state index contributed by atoms with van der Waals surface area (Å²) in [5, 5.41) is 0. The third-order valence-electron chi connectivity index (χ3n) is 3.62. The highest BCUT2D eigenvalue weighted by Crippen LogP contribution is 2.22. The smallest absolute Gasteiger partial charge is 0.155 e. The molecule has 2 rings (SSSR count). The maximum Gasteiger partial charge on any atom is 0.155 e. The molecule has 0 saturated carbocycles. The maximum atomic E-state index is 12.1. The Morgan fingerprint density at radius 2 is 1.68 bits per heavy atom. The van der Waals surface area contributed by atoms with Crippen LogP contribution in [0.15, 0.2) is 24.3 Å². The van der Waals surface area contributed by atoms with E-state index in [0.29, 0.717) is 6.42 Å². The summed E-state index contributed by atoms with van der Waals surface area (Å²) in [6.07, 6.45) is 7.22. The molecular formula is C23H43NO. The van der Waals surface area contributed by atoms with Crippen molar-refractivity contribution in [3.8, 4) is 0 Å². The first-order valence-electron chi connectivity index (χ1n) is 9.96. The molecule has 1 aromatic rings. The Morgan fingerprint density at radius 1 is 1.12 bits per heavy atom. The molecule has 0 spiro atoms. The van der Waals surface area contributed by atoms with Gasteiger partial charge in [-0.2, -0.15) is 0 Å². The van der Waals surface area contributed by atoms with E-state index in [-0.39, 0.29) is 12.6 Å². The molecule has 1 aliphatic carbocycles. The van der Waals surface area contributed by atoms with Gasteiger partial charge in [-0.25, -0.2) is 0 Å². The van der Waals surface area contributed by atoms with Gasteiger partial charge >= 0.3 is 0 Å². The van der Waals surface area contributed by atoms with E-state index < -0.39 is 6.04 Å². The Kier molecular flexibility index (Phi) is 14.3. The second kappa shape index (κ2) is 13.8. The van der Waals surface area contributed by atoms with E-state index in [1.807, 2.05) is 62.3 Å². The summed E-state index contributed by atoms with van der Waals surface area (Å²) in [4.78, 5) is 12.1. The van der Waals surface area contributed by atoms with Crippen molar-refractivity contribution in [1.82, 2.24) is 0 Å². The van der Waals surface area contributed by atoms with Gasteiger partial charge in [-0.15, -0.1) is 0 Å². The van der Waals surface area contributed by atoms with Crippen LogP contribution in [0.5, 0.6) is 0 Å². The van der Waals surface area contributed by atoms with Crippen LogP contribution in [-0.2, 0) is 17.6 Å². The number of hydrogen-bond donors (Lipinski definition) is 1. The highest BCUT2D eigenvalue weighted by Gasteiger charge is 2.27. The predicted molar refractivity (Wildman–Crippen MR) is 116 cm³/mol. The predicted octanol–water partition coefficient (Wildman–Crippen LogP) is 6.46. The lowest BCUT2D eigenvalue weighted by Gasteiger charge is -2.22. The van der Waals surface area contributed by atoms with Crippen LogP contribution in [0.2, 0.25) is 0 Å². The van der Waals surface area contributed by atoms with Crippen molar-refractivity contribution in [3.05, 3.63) is 41.0 Å². The van der Waals surface area contributed by atoms with Gasteiger partial charge in [0.2, 0.25) is 0 Å². The number of rotatable bonds is 3. The number of carbonyl (C=O) groups is 1. The van der Waals surface area contributed by atoms with Gasteiger partial charge in [0.1, 0.15) is 0 Å². The molecule has 2 nitrogen and oxygen atoms in total. The Morgan fingerprint density at radius 3 is 2.20 bits per heavy atom. The highest BCUT2D eigenvalue weighted by atomic mass is 16.1. The summed E-state index contributed by atoms with van der Waals surface area (Å²) in [6.45, 7) is 17.8. The molecule has 2 N–H and O–H groups in total. The van der Waals surface area contributed by atoms with Crippen LogP contribution < -0.4 is 5.73 Å². The zero-order valence-electron chi connectivity index (χ0n) is 18.1. The molecule has 0 heterocycles. The van der Waals surface area contributed by atoms with Crippen molar-refractivity contribution in [3.63, 3.8) is 0 Å². The number of fused-ring (bicyclic) bond motifs is 1. The molecule has 0 bridgehead atoms. The fraction of sp³-hybridized carbons (Fsp3) is 0.609. The van der Waals surface area contributed by atoms with Crippen molar-refractivity contribution in [2.24, 2.45) is 11.1 Å². The van der Waals surface area contributed by atoms with E-state index in [0.717, 1.165) is 18.4 Å². The van der Waals surface area contributed by atoms with E-state index in [9.17, 15) is 4.79 Å². The first kappa shape index (κ1) is 25.8. The Balaban J connectivity index is -0.000000686. The summed E-state index contributed by atoms with van der Waals surface area (Å²) in [5.74, 6) is 0.126. The molecule has 1 aliphatic rings. The first-order chi connectivity index (χ1) is 11.9. The number of aryl methyl sites for hydroxylation is 1. The SMILES string of the molecule is CC.CC.CC.CC(C)(C)C(=O)C(N)Cc1ccc2c(c1)C=CCC2.[HH]. The number of hydrogen-bond acceptors (Lipinski definition) is 2. The van der Waals surface area contributed by atoms with Crippen LogP contribution in [0.4, 0.5) is 0 Å². The Bertz CT molecular complexity index is 515. The normalized spacial score (nSPS) is 12.9. The van der Waals surface area contributed by atoms with Gasteiger partial charge in [0.25, 0.3) is 0 Å². The van der Waals surface area contributed by atoms with Gasteiger partial charge in [0, 0.05) is 6.84 Å². The minimum absolute atomic E-state index is 0. The molecule has 2 heteroatoms. The average molecular weight is 350 g/mol. The fourth-order valence-corrected chi connectivity index (χ4v) is 2.51. The van der Waals surface area contributed by atoms with Crippen LogP contribution in [0, 0.1) is 5.41 Å². The van der Waals surface area contributed by atoms with Crippen molar-refractivity contribution in [2.45, 2.75) is 87.6 Å². The number of allylic oxidation sites excluding steroid dienone is 1. The van der Waals surface area contributed by atoms with E-state index in [1.165, 1.54) is 11.1 Å². The number of nitrogens with two attached hydrogens (primary N) is 1. The number of carbonyl (C=O) groups excluding carboxylic acids is 1. The Hall–Kier alpha value is -1.41. The summed E-state index contributed by atoms with van der Waals surface area (Å²) in [5.41, 5.74) is 9.49. The molecule has 0 aliphatic heterocycles. The molecule has 1 unspecified atom stereocenters. The standard InChI is InChI=1S/C17H23NO.3C2H6.H2/c1-17(2,3)16(19)15(18)11-12-8-9-13-6-4-5-7-14(13)10-12;3*1-2;/h5,7-10,15H,4,6,11,18H2,1-3H3;3*1-2H3;1H. The highest BCUT2D eigenvalue weighted by molar-refractivity contribution is 5.88. The molecule has 25 heavy (non-hydrogen) atoms. The molecule has 0 saturated heterocycles. The fourth-order valence-electron chi connectivity index (χ4n) is 2.51. The summed E-state index contributed by atoms with van der Waals surface area (Å²) in [6, 6.07) is 6.03. The second-order valence-electron chi connectivity index (χ2n) is 6.40. The van der Waals surface area contributed by atoms with Gasteiger partial charge in [0.15, 0.2) is 5.78 Å². The van der Waals surface area contributed by atoms with Crippen molar-refractivity contribution < 1.29 is 6.22 Å². The number of ketones is 1. The quantitative estimate of drug-likeness (QED) is 0.681. The topological polar surface area (TPSA) is 43.1 Å². The third-order valence-corrected chi connectivity index (χ3v) is 3.62. The summed E-state index contributed by atoms with van der Waals surface area (Å²) < 4.78 is 0.